The van der Waals surface area contributed by atoms with Crippen LogP contribution in [0.1, 0.15) is 11.1 Å². The van der Waals surface area contributed by atoms with Crippen LogP contribution in [0.4, 0.5) is 0 Å². The summed E-state index contributed by atoms with van der Waals surface area (Å²) in [6.07, 6.45) is 5.03. The van der Waals surface area contributed by atoms with E-state index in [-0.39, 0.29) is 0 Å². The molecule has 2 aromatic rings. The monoisotopic (exact) mass is 212 g/mol. The van der Waals surface area contributed by atoms with E-state index in [9.17, 15) is 0 Å². The summed E-state index contributed by atoms with van der Waals surface area (Å²) < 4.78 is 2.14. The van der Waals surface area contributed by atoms with Crippen molar-refractivity contribution in [1.82, 2.24) is 4.57 Å². The van der Waals surface area contributed by atoms with Crippen LogP contribution in [0.3, 0.4) is 0 Å². The molecule has 2 nitrogen and oxygen atoms in total. The maximum Gasteiger partial charge on any atom is 0.0598 e. The molecule has 0 aliphatic heterocycles. The zero-order valence-electron chi connectivity index (χ0n) is 9.48. The fourth-order valence-corrected chi connectivity index (χ4v) is 1.70. The smallest absolute Gasteiger partial charge is 0.0598 e. The highest BCUT2D eigenvalue weighted by Crippen LogP contribution is 2.01. The van der Waals surface area contributed by atoms with Crippen LogP contribution >= 0.6 is 0 Å². The first kappa shape index (κ1) is 10.7. The second-order valence-electron chi connectivity index (χ2n) is 4.01. The third-order valence-corrected chi connectivity index (χ3v) is 2.72. The van der Waals surface area contributed by atoms with E-state index in [4.69, 9.17) is 5.41 Å². The Morgan fingerprint density at radius 1 is 1.12 bits per heavy atom. The minimum absolute atomic E-state index is 0.607. The van der Waals surface area contributed by atoms with E-state index >= 15 is 0 Å². The van der Waals surface area contributed by atoms with E-state index in [1.165, 1.54) is 5.56 Å². The highest BCUT2D eigenvalue weighted by atomic mass is 14.9. The van der Waals surface area contributed by atoms with Crippen LogP contribution in [0.2, 0.25) is 0 Å². The molecule has 0 radical (unpaired) electrons. The van der Waals surface area contributed by atoms with Gasteiger partial charge in [-0.15, -0.1) is 0 Å². The fourth-order valence-electron chi connectivity index (χ4n) is 1.70. The van der Waals surface area contributed by atoms with Gasteiger partial charge in [-0.3, -0.25) is 0 Å². The van der Waals surface area contributed by atoms with Crippen LogP contribution in [0, 0.1) is 12.3 Å². The van der Waals surface area contributed by atoms with Crippen LogP contribution in [0.5, 0.6) is 0 Å². The van der Waals surface area contributed by atoms with Gasteiger partial charge in [-0.05, 0) is 30.5 Å². The summed E-state index contributed by atoms with van der Waals surface area (Å²) in [7, 11) is 0. The first-order chi connectivity index (χ1) is 7.75. The molecule has 1 aromatic carbocycles. The van der Waals surface area contributed by atoms with Gasteiger partial charge in [-0.25, -0.2) is 0 Å². The van der Waals surface area contributed by atoms with Crippen molar-refractivity contribution >= 4 is 0 Å². The molecule has 2 heteroatoms. The minimum Gasteiger partial charge on any atom is -0.354 e. The molecule has 0 saturated heterocycles. The van der Waals surface area contributed by atoms with E-state index in [1.807, 2.05) is 31.5 Å². The first-order valence-corrected chi connectivity index (χ1v) is 5.51. The van der Waals surface area contributed by atoms with Crippen LogP contribution < -0.4 is 5.36 Å². The Hall–Kier alpha value is -1.83. The molecule has 1 heterocycles. The predicted octanol–water partition coefficient (Wildman–Crippen LogP) is 2.52. The Morgan fingerprint density at radius 2 is 1.88 bits per heavy atom. The SMILES string of the molecule is Cc1cn(CCc2ccccc2)ccc1=N. The zero-order chi connectivity index (χ0) is 11.4. The molecule has 16 heavy (non-hydrogen) atoms. The van der Waals surface area contributed by atoms with Crippen LogP contribution in [0.15, 0.2) is 48.8 Å². The van der Waals surface area contributed by atoms with Gasteiger partial charge in [0.05, 0.1) is 5.36 Å². The summed E-state index contributed by atoms with van der Waals surface area (Å²) in [6, 6.07) is 12.3. The molecule has 1 N–H and O–H groups in total. The number of benzene rings is 1. The molecule has 0 spiro atoms. The van der Waals surface area contributed by atoms with Crippen molar-refractivity contribution in [2.24, 2.45) is 0 Å². The second-order valence-corrected chi connectivity index (χ2v) is 4.01. The molecule has 0 amide bonds. The number of nitrogens with one attached hydrogen (secondary N) is 1. The Bertz CT molecular complexity index is 512. The third-order valence-electron chi connectivity index (χ3n) is 2.72. The highest BCUT2D eigenvalue weighted by Gasteiger charge is 1.94. The summed E-state index contributed by atoms with van der Waals surface area (Å²) in [4.78, 5) is 0. The lowest BCUT2D eigenvalue weighted by Crippen LogP contribution is -2.09. The van der Waals surface area contributed by atoms with Gasteiger partial charge in [0.2, 0.25) is 0 Å². The lowest BCUT2D eigenvalue weighted by atomic mass is 10.1. The van der Waals surface area contributed by atoms with Gasteiger partial charge in [0, 0.05) is 18.9 Å². The lowest BCUT2D eigenvalue weighted by Gasteiger charge is -2.07. The van der Waals surface area contributed by atoms with E-state index in [0.29, 0.717) is 5.36 Å². The number of aryl methyl sites for hydroxylation is 3. The van der Waals surface area contributed by atoms with E-state index < -0.39 is 0 Å². The minimum atomic E-state index is 0.607. The van der Waals surface area contributed by atoms with E-state index in [2.05, 4.69) is 28.8 Å². The molecule has 0 bridgehead atoms. The average Bonchev–Trinajstić information content (AvgIpc) is 2.32. The van der Waals surface area contributed by atoms with Gasteiger partial charge < -0.3 is 9.98 Å². The molecule has 0 saturated carbocycles. The van der Waals surface area contributed by atoms with Crippen molar-refractivity contribution < 1.29 is 0 Å². The molecule has 0 unspecified atom stereocenters. The third kappa shape index (κ3) is 2.60. The van der Waals surface area contributed by atoms with Crippen molar-refractivity contribution in [1.29, 1.82) is 5.41 Å². The van der Waals surface area contributed by atoms with Gasteiger partial charge in [0.25, 0.3) is 0 Å². The number of aromatic nitrogens is 1. The van der Waals surface area contributed by atoms with Crippen LogP contribution in [0.25, 0.3) is 0 Å². The first-order valence-electron chi connectivity index (χ1n) is 5.51. The zero-order valence-corrected chi connectivity index (χ0v) is 9.48. The quantitative estimate of drug-likeness (QED) is 0.810. The average molecular weight is 212 g/mol. The summed E-state index contributed by atoms with van der Waals surface area (Å²) in [6.45, 7) is 2.94. The van der Waals surface area contributed by atoms with Crippen LogP contribution in [-0.2, 0) is 13.0 Å². The number of hydrogen-bond acceptors (Lipinski definition) is 1. The Kier molecular flexibility index (Phi) is 3.20. The standard InChI is InChI=1S/C14H16N2/c1-12-11-16(10-8-14(12)15)9-7-13-5-3-2-4-6-13/h2-6,8,10-11,15H,7,9H2,1H3. The number of rotatable bonds is 3. The molecule has 0 fully saturated rings. The number of pyridine rings is 1. The van der Waals surface area contributed by atoms with Gasteiger partial charge in [-0.1, -0.05) is 30.3 Å². The van der Waals surface area contributed by atoms with Crippen molar-refractivity contribution in [3.05, 3.63) is 65.3 Å². The Balaban J connectivity index is 2.05. The number of hydrogen-bond donors (Lipinski definition) is 1. The molecular formula is C14H16N2. The summed E-state index contributed by atoms with van der Waals surface area (Å²) >= 11 is 0. The van der Waals surface area contributed by atoms with Crippen molar-refractivity contribution in [2.75, 3.05) is 0 Å². The number of nitrogens with zero attached hydrogens (tertiary/aromatic N) is 1. The molecule has 0 aliphatic rings. The normalized spacial score (nSPS) is 10.3. The van der Waals surface area contributed by atoms with Crippen molar-refractivity contribution in [3.63, 3.8) is 0 Å². The predicted molar refractivity (Wildman–Crippen MR) is 65.2 cm³/mol. The van der Waals surface area contributed by atoms with Gasteiger partial charge >= 0.3 is 0 Å². The summed E-state index contributed by atoms with van der Waals surface area (Å²) in [5.41, 5.74) is 2.37. The summed E-state index contributed by atoms with van der Waals surface area (Å²) in [5, 5.41) is 8.21. The lowest BCUT2D eigenvalue weighted by molar-refractivity contribution is 0.685. The topological polar surface area (TPSA) is 28.8 Å². The molecule has 2 rings (SSSR count). The van der Waals surface area contributed by atoms with Crippen molar-refractivity contribution in [2.45, 2.75) is 19.9 Å². The Morgan fingerprint density at radius 3 is 2.56 bits per heavy atom. The van der Waals surface area contributed by atoms with Crippen LogP contribution in [-0.4, -0.2) is 4.57 Å². The molecule has 1 aromatic heterocycles. The van der Waals surface area contributed by atoms with Gasteiger partial charge in [0.15, 0.2) is 0 Å². The van der Waals surface area contributed by atoms with Crippen molar-refractivity contribution in [3.8, 4) is 0 Å². The van der Waals surface area contributed by atoms with E-state index in [0.717, 1.165) is 18.5 Å². The molecule has 0 aliphatic carbocycles. The second kappa shape index (κ2) is 4.79. The largest absolute Gasteiger partial charge is 0.354 e. The highest BCUT2D eigenvalue weighted by molar-refractivity contribution is 5.15. The Labute approximate surface area is 95.7 Å². The maximum absolute atomic E-state index is 7.60. The fraction of sp³-hybridized carbons (Fsp3) is 0.214. The molecule has 82 valence electrons. The molecular weight excluding hydrogens is 196 g/mol. The van der Waals surface area contributed by atoms with Gasteiger partial charge in [-0.2, -0.15) is 0 Å². The van der Waals surface area contributed by atoms with Gasteiger partial charge in [0.1, 0.15) is 0 Å². The summed E-state index contributed by atoms with van der Waals surface area (Å²) in [5.74, 6) is 0. The maximum atomic E-state index is 7.60. The molecule has 0 atom stereocenters. The van der Waals surface area contributed by atoms with E-state index in [1.54, 1.807) is 0 Å².